The number of aryl methyl sites for hydroxylation is 2. The smallest absolute Gasteiger partial charge is 0.229 e. The van der Waals surface area contributed by atoms with Crippen molar-refractivity contribution in [3.05, 3.63) is 53.8 Å². The fraction of sp³-hybridized carbons (Fsp3) is 0.105. The van der Waals surface area contributed by atoms with Crippen LogP contribution >= 0.6 is 11.6 Å². The van der Waals surface area contributed by atoms with Gasteiger partial charge in [0.15, 0.2) is 11.4 Å². The van der Waals surface area contributed by atoms with Gasteiger partial charge in [-0.1, -0.05) is 11.6 Å². The third-order valence-corrected chi connectivity index (χ3v) is 4.62. The quantitative estimate of drug-likeness (QED) is 0.429. The molecular formula is C19H13ClN6O. The van der Waals surface area contributed by atoms with Crippen LogP contribution in [0.1, 0.15) is 5.69 Å². The van der Waals surface area contributed by atoms with Crippen LogP contribution in [0.5, 0.6) is 0 Å². The molecule has 0 aliphatic rings. The second-order valence-corrected chi connectivity index (χ2v) is 6.64. The van der Waals surface area contributed by atoms with Crippen LogP contribution in [0, 0.1) is 6.92 Å². The first-order chi connectivity index (χ1) is 13.1. The summed E-state index contributed by atoms with van der Waals surface area (Å²) in [7, 11) is 1.83. The van der Waals surface area contributed by atoms with E-state index in [2.05, 4.69) is 25.0 Å². The molecule has 4 heterocycles. The van der Waals surface area contributed by atoms with Crippen molar-refractivity contribution in [3.8, 4) is 22.8 Å². The minimum atomic E-state index is 0.411. The van der Waals surface area contributed by atoms with E-state index in [-0.39, 0.29) is 0 Å². The highest BCUT2D eigenvalue weighted by molar-refractivity contribution is 6.30. The van der Waals surface area contributed by atoms with Crippen LogP contribution in [-0.2, 0) is 7.05 Å². The SMILES string of the molecule is Cc1ncc(-c2nc3cc(-c4ncn(C)n4)ccc3o2)c2cc(Cl)ncc12. The Kier molecular flexibility index (Phi) is 3.45. The molecule has 5 aromatic rings. The first-order valence-corrected chi connectivity index (χ1v) is 8.64. The maximum atomic E-state index is 6.10. The van der Waals surface area contributed by atoms with E-state index in [4.69, 9.17) is 16.0 Å². The lowest BCUT2D eigenvalue weighted by Crippen LogP contribution is -1.90. The summed E-state index contributed by atoms with van der Waals surface area (Å²) in [6.07, 6.45) is 5.13. The Bertz CT molecular complexity index is 1320. The zero-order valence-electron chi connectivity index (χ0n) is 14.5. The summed E-state index contributed by atoms with van der Waals surface area (Å²) in [6.45, 7) is 1.93. The predicted octanol–water partition coefficient (Wildman–Crippen LogP) is 4.20. The molecule has 0 unspecified atom stereocenters. The van der Waals surface area contributed by atoms with E-state index in [1.165, 1.54) is 0 Å². The second-order valence-electron chi connectivity index (χ2n) is 6.25. The zero-order chi connectivity index (χ0) is 18.5. The van der Waals surface area contributed by atoms with Crippen molar-refractivity contribution in [2.75, 3.05) is 0 Å². The summed E-state index contributed by atoms with van der Waals surface area (Å²) in [5.41, 5.74) is 3.93. The van der Waals surface area contributed by atoms with Crippen molar-refractivity contribution < 1.29 is 4.42 Å². The number of hydrogen-bond donors (Lipinski definition) is 0. The van der Waals surface area contributed by atoms with E-state index in [0.717, 1.165) is 33.1 Å². The molecular weight excluding hydrogens is 364 g/mol. The average molecular weight is 377 g/mol. The van der Waals surface area contributed by atoms with E-state index in [1.807, 2.05) is 32.2 Å². The Morgan fingerprint density at radius 1 is 1.04 bits per heavy atom. The molecule has 1 aromatic carbocycles. The van der Waals surface area contributed by atoms with Crippen molar-refractivity contribution in [2.45, 2.75) is 6.92 Å². The molecule has 0 spiro atoms. The number of hydrogen-bond acceptors (Lipinski definition) is 6. The van der Waals surface area contributed by atoms with E-state index >= 15 is 0 Å². The van der Waals surface area contributed by atoms with Crippen molar-refractivity contribution in [3.63, 3.8) is 0 Å². The van der Waals surface area contributed by atoms with Crippen LogP contribution in [-0.4, -0.2) is 29.7 Å². The molecule has 0 aliphatic carbocycles. The highest BCUT2D eigenvalue weighted by Gasteiger charge is 2.15. The molecule has 0 saturated heterocycles. The molecule has 0 aliphatic heterocycles. The standard InChI is InChI=1S/C19H13ClN6O/c1-10-13-7-22-17(20)6-12(13)14(8-21-10)19-24-15-5-11(3-4-16(15)27-19)18-23-9-26(2)25-18/h3-9H,1-2H3. The highest BCUT2D eigenvalue weighted by atomic mass is 35.5. The van der Waals surface area contributed by atoms with Crippen LogP contribution < -0.4 is 0 Å². The maximum Gasteiger partial charge on any atom is 0.229 e. The molecule has 5 rings (SSSR count). The molecule has 4 aromatic heterocycles. The molecule has 7 nitrogen and oxygen atoms in total. The molecule has 8 heteroatoms. The predicted molar refractivity (Wildman–Crippen MR) is 102 cm³/mol. The Hall–Kier alpha value is -3.32. The molecule has 0 radical (unpaired) electrons. The van der Waals surface area contributed by atoms with Gasteiger partial charge in [-0.05, 0) is 31.2 Å². The summed E-state index contributed by atoms with van der Waals surface area (Å²) < 4.78 is 7.64. The van der Waals surface area contributed by atoms with Gasteiger partial charge in [0.1, 0.15) is 17.0 Å². The second kappa shape index (κ2) is 5.85. The van der Waals surface area contributed by atoms with Gasteiger partial charge in [-0.3, -0.25) is 9.67 Å². The Labute approximate surface area is 158 Å². The Balaban J connectivity index is 1.69. The lowest BCUT2D eigenvalue weighted by atomic mass is 10.1. The first-order valence-electron chi connectivity index (χ1n) is 8.26. The van der Waals surface area contributed by atoms with E-state index in [1.54, 1.807) is 29.5 Å². The van der Waals surface area contributed by atoms with E-state index in [0.29, 0.717) is 22.5 Å². The third kappa shape index (κ3) is 2.63. The molecule has 0 N–H and O–H groups in total. The van der Waals surface area contributed by atoms with Crippen molar-refractivity contribution >= 4 is 33.5 Å². The van der Waals surface area contributed by atoms with Crippen molar-refractivity contribution in [2.24, 2.45) is 7.05 Å². The molecule has 0 fully saturated rings. The number of fused-ring (bicyclic) bond motifs is 2. The van der Waals surface area contributed by atoms with Crippen LogP contribution in [0.25, 0.3) is 44.7 Å². The van der Waals surface area contributed by atoms with Crippen LogP contribution in [0.15, 0.2) is 47.4 Å². The number of aromatic nitrogens is 6. The number of benzene rings is 1. The van der Waals surface area contributed by atoms with Gasteiger partial charge >= 0.3 is 0 Å². The molecule has 132 valence electrons. The zero-order valence-corrected chi connectivity index (χ0v) is 15.3. The van der Waals surface area contributed by atoms with Gasteiger partial charge < -0.3 is 4.42 Å². The Morgan fingerprint density at radius 3 is 2.74 bits per heavy atom. The van der Waals surface area contributed by atoms with Gasteiger partial charge in [0.2, 0.25) is 5.89 Å². The normalized spacial score (nSPS) is 11.5. The summed E-state index contributed by atoms with van der Waals surface area (Å²) in [5.74, 6) is 1.13. The lowest BCUT2D eigenvalue weighted by Gasteiger charge is -2.05. The topological polar surface area (TPSA) is 82.5 Å². The fourth-order valence-electron chi connectivity index (χ4n) is 3.07. The Morgan fingerprint density at radius 2 is 1.93 bits per heavy atom. The van der Waals surface area contributed by atoms with Gasteiger partial charge in [-0.2, -0.15) is 5.10 Å². The maximum absolute atomic E-state index is 6.10. The molecule has 0 atom stereocenters. The van der Waals surface area contributed by atoms with Gasteiger partial charge in [-0.25, -0.2) is 15.0 Å². The van der Waals surface area contributed by atoms with Crippen LogP contribution in [0.4, 0.5) is 0 Å². The molecule has 27 heavy (non-hydrogen) atoms. The van der Waals surface area contributed by atoms with Gasteiger partial charge in [0, 0.05) is 41.5 Å². The average Bonchev–Trinajstić information content (AvgIpc) is 3.27. The number of nitrogens with zero attached hydrogens (tertiary/aromatic N) is 6. The number of halogens is 1. The van der Waals surface area contributed by atoms with Crippen molar-refractivity contribution in [1.82, 2.24) is 29.7 Å². The van der Waals surface area contributed by atoms with Crippen LogP contribution in [0.2, 0.25) is 5.15 Å². The van der Waals surface area contributed by atoms with Crippen molar-refractivity contribution in [1.29, 1.82) is 0 Å². The number of oxazole rings is 1. The lowest BCUT2D eigenvalue weighted by molar-refractivity contribution is 0.620. The fourth-order valence-corrected chi connectivity index (χ4v) is 3.22. The number of rotatable bonds is 2. The van der Waals surface area contributed by atoms with Gasteiger partial charge in [0.05, 0.1) is 5.56 Å². The minimum absolute atomic E-state index is 0.411. The van der Waals surface area contributed by atoms with Crippen LogP contribution in [0.3, 0.4) is 0 Å². The van der Waals surface area contributed by atoms with Gasteiger partial charge in [0.25, 0.3) is 0 Å². The highest BCUT2D eigenvalue weighted by Crippen LogP contribution is 2.32. The summed E-state index contributed by atoms with van der Waals surface area (Å²) in [6, 6.07) is 7.50. The van der Waals surface area contributed by atoms with E-state index < -0.39 is 0 Å². The monoisotopic (exact) mass is 376 g/mol. The first kappa shape index (κ1) is 15.9. The minimum Gasteiger partial charge on any atom is -0.436 e. The third-order valence-electron chi connectivity index (χ3n) is 4.41. The molecule has 0 bridgehead atoms. The van der Waals surface area contributed by atoms with E-state index in [9.17, 15) is 0 Å². The molecule has 0 saturated carbocycles. The summed E-state index contributed by atoms with van der Waals surface area (Å²) in [4.78, 5) is 17.5. The summed E-state index contributed by atoms with van der Waals surface area (Å²) in [5, 5.41) is 6.56. The van der Waals surface area contributed by atoms with Gasteiger partial charge in [-0.15, -0.1) is 0 Å². The summed E-state index contributed by atoms with van der Waals surface area (Å²) >= 11 is 6.10. The largest absolute Gasteiger partial charge is 0.436 e. The molecule has 0 amide bonds. The number of pyridine rings is 2.